The van der Waals surface area contributed by atoms with Crippen molar-refractivity contribution >= 4 is 49.9 Å². The zero-order valence-corrected chi connectivity index (χ0v) is 22.4. The Morgan fingerprint density at radius 3 is 2.10 bits per heavy atom. The van der Waals surface area contributed by atoms with Crippen molar-refractivity contribution in [3.05, 3.63) is 43.6 Å². The third-order valence-electron chi connectivity index (χ3n) is 6.87. The van der Waals surface area contributed by atoms with Crippen molar-refractivity contribution in [3.63, 3.8) is 0 Å². The maximum absolute atomic E-state index is 3.89. The molecule has 0 nitrogen and oxygen atoms in total. The molecule has 0 saturated carbocycles. The Bertz CT molecular complexity index is 1090. The van der Waals surface area contributed by atoms with Crippen LogP contribution in [0.1, 0.15) is 88.1 Å². The van der Waals surface area contributed by atoms with Gasteiger partial charge in [0.2, 0.25) is 0 Å². The van der Waals surface area contributed by atoms with Crippen LogP contribution >= 0.6 is 49.9 Å². The normalized spacial score (nSPS) is 23.4. The van der Waals surface area contributed by atoms with Crippen LogP contribution in [0.15, 0.2) is 22.7 Å². The Morgan fingerprint density at radius 1 is 0.793 bits per heavy atom. The van der Waals surface area contributed by atoms with Crippen LogP contribution in [-0.4, -0.2) is 0 Å². The van der Waals surface area contributed by atoms with E-state index in [0.29, 0.717) is 11.3 Å². The molecule has 0 unspecified atom stereocenters. The first kappa shape index (κ1) is 20.5. The molecule has 4 heteroatoms. The zero-order chi connectivity index (χ0) is 20.9. The highest BCUT2D eigenvalue weighted by Gasteiger charge is 2.44. The molecule has 0 amide bonds. The monoisotopic (exact) mass is 504 g/mol. The van der Waals surface area contributed by atoms with Crippen molar-refractivity contribution < 1.29 is 0 Å². The van der Waals surface area contributed by atoms with E-state index in [1.807, 2.05) is 34.0 Å². The first-order chi connectivity index (χ1) is 13.4. The van der Waals surface area contributed by atoms with Crippen molar-refractivity contribution in [2.75, 3.05) is 0 Å². The number of hydrogen-bond acceptors (Lipinski definition) is 3. The lowest BCUT2D eigenvalue weighted by molar-refractivity contribution is 0.405. The summed E-state index contributed by atoms with van der Waals surface area (Å²) in [7, 11) is 0. The summed E-state index contributed by atoms with van der Waals surface area (Å²) in [5, 5.41) is 0. The SMILES string of the molecule is C[C@@H]1CC(C)(C)c2cc(-c3cc(Br)c(-c4cc5c(s4)C(C)(C)CC5(C)C)s3)sc21. The van der Waals surface area contributed by atoms with Crippen molar-refractivity contribution in [1.82, 2.24) is 0 Å². The molecule has 2 aliphatic rings. The van der Waals surface area contributed by atoms with Crippen molar-refractivity contribution in [3.8, 4) is 19.5 Å². The zero-order valence-electron chi connectivity index (χ0n) is 18.3. The Balaban J connectivity index is 1.56. The van der Waals surface area contributed by atoms with Crippen LogP contribution in [0, 0.1) is 0 Å². The first-order valence-corrected chi connectivity index (χ1v) is 13.7. The fourth-order valence-electron chi connectivity index (χ4n) is 5.84. The van der Waals surface area contributed by atoms with Crippen molar-refractivity contribution in [1.29, 1.82) is 0 Å². The number of rotatable bonds is 2. The van der Waals surface area contributed by atoms with Crippen LogP contribution in [0.2, 0.25) is 0 Å². The smallest absolute Gasteiger partial charge is 0.0591 e. The summed E-state index contributed by atoms with van der Waals surface area (Å²) in [4.78, 5) is 8.86. The fourth-order valence-corrected chi connectivity index (χ4v) is 10.9. The molecular weight excluding hydrogens is 476 g/mol. The van der Waals surface area contributed by atoms with Crippen molar-refractivity contribution in [2.24, 2.45) is 0 Å². The topological polar surface area (TPSA) is 0 Å². The van der Waals surface area contributed by atoms with Crippen LogP contribution in [-0.2, 0) is 16.2 Å². The molecule has 1 atom stereocenters. The van der Waals surface area contributed by atoms with E-state index in [1.54, 1.807) is 20.9 Å². The van der Waals surface area contributed by atoms with Gasteiger partial charge in [-0.1, -0.05) is 48.5 Å². The Morgan fingerprint density at radius 2 is 1.45 bits per heavy atom. The van der Waals surface area contributed by atoms with E-state index in [9.17, 15) is 0 Å². The quantitative estimate of drug-likeness (QED) is 0.325. The van der Waals surface area contributed by atoms with Crippen LogP contribution < -0.4 is 0 Å². The number of halogens is 1. The van der Waals surface area contributed by atoms with Gasteiger partial charge in [0.25, 0.3) is 0 Å². The molecule has 0 radical (unpaired) electrons. The predicted octanol–water partition coefficient (Wildman–Crippen LogP) is 9.71. The van der Waals surface area contributed by atoms with Gasteiger partial charge in [-0.05, 0) is 74.8 Å². The van der Waals surface area contributed by atoms with Crippen molar-refractivity contribution in [2.45, 2.75) is 83.5 Å². The van der Waals surface area contributed by atoms with E-state index in [-0.39, 0.29) is 10.8 Å². The molecular formula is C25H29BrS3. The lowest BCUT2D eigenvalue weighted by Gasteiger charge is -2.23. The lowest BCUT2D eigenvalue weighted by Crippen LogP contribution is -2.18. The molecule has 0 spiro atoms. The average Bonchev–Trinajstić information content (AvgIpc) is 3.32. The molecule has 0 bridgehead atoms. The number of fused-ring (bicyclic) bond motifs is 2. The minimum atomic E-state index is 0.274. The second-order valence-electron chi connectivity index (χ2n) is 11.0. The Labute approximate surface area is 195 Å². The predicted molar refractivity (Wildman–Crippen MR) is 135 cm³/mol. The van der Waals surface area contributed by atoms with Crippen LogP contribution in [0.4, 0.5) is 0 Å². The van der Waals surface area contributed by atoms with Gasteiger partial charge in [-0.3, -0.25) is 0 Å². The van der Waals surface area contributed by atoms with Gasteiger partial charge in [-0.15, -0.1) is 34.0 Å². The third kappa shape index (κ3) is 3.08. The summed E-state index contributed by atoms with van der Waals surface area (Å²) in [6.45, 7) is 16.8. The van der Waals surface area contributed by atoms with E-state index in [1.165, 1.54) is 36.8 Å². The van der Waals surface area contributed by atoms with E-state index in [2.05, 4.69) is 82.6 Å². The highest BCUT2D eigenvalue weighted by atomic mass is 79.9. The molecule has 3 heterocycles. The Hall–Kier alpha value is -0.420. The van der Waals surface area contributed by atoms with Crippen LogP contribution in [0.5, 0.6) is 0 Å². The minimum Gasteiger partial charge on any atom is -0.139 e. The van der Waals surface area contributed by atoms with E-state index < -0.39 is 0 Å². The maximum Gasteiger partial charge on any atom is 0.0591 e. The second kappa shape index (κ2) is 6.31. The summed E-state index contributed by atoms with van der Waals surface area (Å²) in [5.41, 5.74) is 4.01. The summed E-state index contributed by atoms with van der Waals surface area (Å²) < 4.78 is 1.24. The molecule has 0 saturated heterocycles. The molecule has 0 N–H and O–H groups in total. The summed E-state index contributed by atoms with van der Waals surface area (Å²) in [6, 6.07) is 7.31. The molecule has 2 aliphatic carbocycles. The maximum atomic E-state index is 3.89. The van der Waals surface area contributed by atoms with Gasteiger partial charge in [0.15, 0.2) is 0 Å². The molecule has 154 valence electrons. The molecule has 3 aromatic heterocycles. The average molecular weight is 506 g/mol. The minimum absolute atomic E-state index is 0.274. The highest BCUT2D eigenvalue weighted by Crippen LogP contribution is 2.57. The third-order valence-corrected chi connectivity index (χ3v) is 12.1. The molecule has 0 aromatic carbocycles. The van der Waals surface area contributed by atoms with Gasteiger partial charge in [0, 0.05) is 34.3 Å². The molecule has 5 rings (SSSR count). The van der Waals surface area contributed by atoms with Gasteiger partial charge >= 0.3 is 0 Å². The second-order valence-corrected chi connectivity index (χ2v) is 15.0. The van der Waals surface area contributed by atoms with Gasteiger partial charge in [0.05, 0.1) is 4.88 Å². The van der Waals surface area contributed by atoms with Gasteiger partial charge in [0.1, 0.15) is 0 Å². The fraction of sp³-hybridized carbons (Fsp3) is 0.520. The summed E-state index contributed by atoms with van der Waals surface area (Å²) in [5.74, 6) is 0.686. The highest BCUT2D eigenvalue weighted by molar-refractivity contribution is 9.10. The molecule has 0 aliphatic heterocycles. The summed E-state index contributed by atoms with van der Waals surface area (Å²) in [6.07, 6.45) is 2.52. The van der Waals surface area contributed by atoms with Crippen LogP contribution in [0.3, 0.4) is 0 Å². The standard InChI is InChI=1S/C25H29BrS3/c1-13-11-23(2,3)14-8-17(27-20(13)14)18-10-16(26)21(28-18)19-9-15-22(29-19)25(6,7)12-24(15,4)5/h8-10,13H,11-12H2,1-7H3/t13-/m1/s1. The molecule has 0 fully saturated rings. The van der Waals surface area contributed by atoms with Gasteiger partial charge in [-0.2, -0.15) is 0 Å². The van der Waals surface area contributed by atoms with Gasteiger partial charge < -0.3 is 0 Å². The van der Waals surface area contributed by atoms with E-state index in [0.717, 1.165) is 0 Å². The largest absolute Gasteiger partial charge is 0.139 e. The van der Waals surface area contributed by atoms with Gasteiger partial charge in [-0.25, -0.2) is 0 Å². The lowest BCUT2D eigenvalue weighted by atomic mass is 9.82. The number of thiophene rings is 3. The first-order valence-electron chi connectivity index (χ1n) is 10.5. The van der Waals surface area contributed by atoms with E-state index in [4.69, 9.17) is 0 Å². The Kier molecular flexibility index (Phi) is 4.45. The van der Waals surface area contributed by atoms with Crippen LogP contribution in [0.25, 0.3) is 19.5 Å². The molecule has 3 aromatic rings. The van der Waals surface area contributed by atoms with E-state index >= 15 is 0 Å². The summed E-state index contributed by atoms with van der Waals surface area (Å²) >= 11 is 9.88. The molecule has 29 heavy (non-hydrogen) atoms. The number of hydrogen-bond donors (Lipinski definition) is 0.